The van der Waals surface area contributed by atoms with Gasteiger partial charge < -0.3 is 10.6 Å². The van der Waals surface area contributed by atoms with E-state index in [-0.39, 0.29) is 11.8 Å². The molecule has 2 amide bonds. The number of carbonyl (C=O) groups is 1. The molecule has 144 valence electrons. The molecule has 0 aliphatic carbocycles. The number of sulfonamides is 1. The molecule has 2 aromatic carbocycles. The minimum Gasteiger partial charge on any atom is -0.308 e. The Hall–Kier alpha value is -2.54. The van der Waals surface area contributed by atoms with Gasteiger partial charge in [0.1, 0.15) is 0 Å². The lowest BCUT2D eigenvalue weighted by molar-refractivity contribution is 0.262. The summed E-state index contributed by atoms with van der Waals surface area (Å²) in [6.07, 6.45) is 2.16. The number of hydrogen-bond acceptors (Lipinski definition) is 3. The molecule has 27 heavy (non-hydrogen) atoms. The van der Waals surface area contributed by atoms with Crippen LogP contribution in [0.1, 0.15) is 31.4 Å². The maximum absolute atomic E-state index is 12.5. The number of carbonyl (C=O) groups excluding carboxylic acids is 1. The molecule has 0 aromatic heterocycles. The summed E-state index contributed by atoms with van der Waals surface area (Å²) in [6, 6.07) is 12.7. The molecule has 0 fully saturated rings. The van der Waals surface area contributed by atoms with E-state index in [2.05, 4.69) is 17.6 Å². The highest BCUT2D eigenvalue weighted by molar-refractivity contribution is 7.92. The molecule has 1 aliphatic rings. The van der Waals surface area contributed by atoms with Crippen molar-refractivity contribution >= 4 is 33.1 Å². The number of hydrogen-bond donors (Lipinski definition) is 2. The lowest BCUT2D eigenvalue weighted by atomic mass is 10.1. The van der Waals surface area contributed by atoms with E-state index in [0.717, 1.165) is 23.2 Å². The van der Waals surface area contributed by atoms with Gasteiger partial charge in [-0.15, -0.1) is 0 Å². The number of anilines is 3. The van der Waals surface area contributed by atoms with E-state index in [9.17, 15) is 13.2 Å². The van der Waals surface area contributed by atoms with E-state index in [0.29, 0.717) is 30.8 Å². The third kappa shape index (κ3) is 4.42. The van der Waals surface area contributed by atoms with Gasteiger partial charge in [0, 0.05) is 17.9 Å². The molecule has 1 heterocycles. The number of fused-ring (bicyclic) bond motifs is 1. The zero-order chi connectivity index (χ0) is 19.4. The molecule has 2 aromatic rings. The lowest BCUT2D eigenvalue weighted by Gasteiger charge is -2.19. The second-order valence-corrected chi connectivity index (χ2v) is 8.63. The van der Waals surface area contributed by atoms with Crippen molar-refractivity contribution in [3.63, 3.8) is 0 Å². The van der Waals surface area contributed by atoms with Crippen LogP contribution < -0.4 is 14.9 Å². The van der Waals surface area contributed by atoms with Gasteiger partial charge in [-0.3, -0.25) is 4.31 Å². The van der Waals surface area contributed by atoms with Gasteiger partial charge in [0.25, 0.3) is 0 Å². The minimum absolute atomic E-state index is 0.123. The van der Waals surface area contributed by atoms with Crippen molar-refractivity contribution in [1.82, 2.24) is 0 Å². The molecule has 6 nitrogen and oxygen atoms in total. The first kappa shape index (κ1) is 19.2. The van der Waals surface area contributed by atoms with Crippen molar-refractivity contribution in [2.24, 2.45) is 0 Å². The fourth-order valence-corrected chi connectivity index (χ4v) is 4.82. The summed E-state index contributed by atoms with van der Waals surface area (Å²) in [6.45, 7) is 4.36. The molecule has 2 N–H and O–H groups in total. The monoisotopic (exact) mass is 387 g/mol. The average Bonchev–Trinajstić information content (AvgIpc) is 3.06. The summed E-state index contributed by atoms with van der Waals surface area (Å²) in [7, 11) is -3.32. The minimum atomic E-state index is -3.32. The highest BCUT2D eigenvalue weighted by Gasteiger charge is 2.28. The second-order valence-electron chi connectivity index (χ2n) is 6.61. The van der Waals surface area contributed by atoms with Gasteiger partial charge in [-0.25, -0.2) is 13.2 Å². The molecule has 0 radical (unpaired) electrons. The quantitative estimate of drug-likeness (QED) is 0.786. The Morgan fingerprint density at radius 2 is 1.81 bits per heavy atom. The predicted octanol–water partition coefficient (Wildman–Crippen LogP) is 4.00. The van der Waals surface area contributed by atoms with Gasteiger partial charge in [0.05, 0.1) is 11.4 Å². The molecule has 0 spiro atoms. The Labute approximate surface area is 160 Å². The van der Waals surface area contributed by atoms with Gasteiger partial charge in [-0.1, -0.05) is 32.0 Å². The van der Waals surface area contributed by atoms with Crippen LogP contribution in [0.25, 0.3) is 0 Å². The first-order chi connectivity index (χ1) is 12.9. The molecular weight excluding hydrogens is 362 g/mol. The lowest BCUT2D eigenvalue weighted by Crippen LogP contribution is -2.31. The summed E-state index contributed by atoms with van der Waals surface area (Å²) >= 11 is 0. The Bertz CT molecular complexity index is 941. The van der Waals surface area contributed by atoms with E-state index < -0.39 is 10.0 Å². The van der Waals surface area contributed by atoms with Crippen molar-refractivity contribution in [3.8, 4) is 0 Å². The highest BCUT2D eigenvalue weighted by Crippen LogP contribution is 2.33. The Morgan fingerprint density at radius 3 is 2.52 bits per heavy atom. The van der Waals surface area contributed by atoms with Gasteiger partial charge >= 0.3 is 6.03 Å². The van der Waals surface area contributed by atoms with E-state index >= 15 is 0 Å². The number of amides is 2. The van der Waals surface area contributed by atoms with Crippen molar-refractivity contribution in [1.29, 1.82) is 0 Å². The van der Waals surface area contributed by atoms with E-state index in [1.807, 2.05) is 37.3 Å². The van der Waals surface area contributed by atoms with Crippen LogP contribution in [0.3, 0.4) is 0 Å². The Morgan fingerprint density at radius 1 is 1.07 bits per heavy atom. The normalized spacial score (nSPS) is 13.3. The molecule has 3 rings (SSSR count). The first-order valence-electron chi connectivity index (χ1n) is 9.23. The summed E-state index contributed by atoms with van der Waals surface area (Å²) in [5.74, 6) is 0.123. The van der Waals surface area contributed by atoms with Gasteiger partial charge in [0.15, 0.2) is 0 Å². The predicted molar refractivity (Wildman–Crippen MR) is 110 cm³/mol. The number of nitrogens with zero attached hydrogens (tertiary/aromatic N) is 1. The Kier molecular flexibility index (Phi) is 5.70. The fourth-order valence-electron chi connectivity index (χ4n) is 3.25. The topological polar surface area (TPSA) is 78.5 Å². The summed E-state index contributed by atoms with van der Waals surface area (Å²) in [5.41, 5.74) is 4.07. The standard InChI is InChI=1S/C20H25N3O3S/c1-3-12-27(25,26)23-11-10-16-8-9-18(14-19(16)23)22-20(24)21-17-7-5-6-15(4-2)13-17/h5-9,13-14H,3-4,10-12H2,1-2H3,(H2,21,22,24). The molecular formula is C20H25N3O3S. The van der Waals surface area contributed by atoms with Crippen LogP contribution in [0.5, 0.6) is 0 Å². The maximum Gasteiger partial charge on any atom is 0.323 e. The Balaban J connectivity index is 1.74. The van der Waals surface area contributed by atoms with E-state index in [1.165, 1.54) is 4.31 Å². The van der Waals surface area contributed by atoms with Crippen LogP contribution in [-0.2, 0) is 22.9 Å². The van der Waals surface area contributed by atoms with E-state index in [4.69, 9.17) is 0 Å². The zero-order valence-corrected chi connectivity index (χ0v) is 16.5. The SMILES string of the molecule is CCCS(=O)(=O)N1CCc2ccc(NC(=O)Nc3cccc(CC)c3)cc21. The number of nitrogens with one attached hydrogen (secondary N) is 2. The molecule has 1 aliphatic heterocycles. The number of benzene rings is 2. The number of aryl methyl sites for hydroxylation is 1. The largest absolute Gasteiger partial charge is 0.323 e. The average molecular weight is 388 g/mol. The van der Waals surface area contributed by atoms with Gasteiger partial charge in [-0.2, -0.15) is 0 Å². The second kappa shape index (κ2) is 8.00. The fraction of sp³-hybridized carbons (Fsp3) is 0.350. The third-order valence-corrected chi connectivity index (χ3v) is 6.56. The highest BCUT2D eigenvalue weighted by atomic mass is 32.2. The van der Waals surface area contributed by atoms with Crippen LogP contribution in [0.2, 0.25) is 0 Å². The maximum atomic E-state index is 12.5. The summed E-state index contributed by atoms with van der Waals surface area (Å²) in [5, 5.41) is 5.60. The smallest absolute Gasteiger partial charge is 0.308 e. The van der Waals surface area contributed by atoms with Crippen molar-refractivity contribution in [2.45, 2.75) is 33.1 Å². The van der Waals surface area contributed by atoms with Crippen molar-refractivity contribution in [3.05, 3.63) is 53.6 Å². The summed E-state index contributed by atoms with van der Waals surface area (Å²) in [4.78, 5) is 12.3. The number of rotatable bonds is 6. The van der Waals surface area contributed by atoms with Crippen LogP contribution >= 0.6 is 0 Å². The first-order valence-corrected chi connectivity index (χ1v) is 10.8. The molecule has 0 unspecified atom stereocenters. The molecule has 7 heteroatoms. The van der Waals surface area contributed by atoms with Crippen LogP contribution in [-0.4, -0.2) is 26.7 Å². The van der Waals surface area contributed by atoms with Crippen LogP contribution in [0.15, 0.2) is 42.5 Å². The third-order valence-electron chi connectivity index (χ3n) is 4.59. The zero-order valence-electron chi connectivity index (χ0n) is 15.7. The van der Waals surface area contributed by atoms with E-state index in [1.54, 1.807) is 12.1 Å². The van der Waals surface area contributed by atoms with Crippen molar-refractivity contribution < 1.29 is 13.2 Å². The molecule has 0 atom stereocenters. The van der Waals surface area contributed by atoms with Gasteiger partial charge in [-0.05, 0) is 54.7 Å². The van der Waals surface area contributed by atoms with Crippen LogP contribution in [0.4, 0.5) is 21.9 Å². The molecule has 0 bridgehead atoms. The summed E-state index contributed by atoms with van der Waals surface area (Å²) < 4.78 is 26.4. The van der Waals surface area contributed by atoms with Crippen molar-refractivity contribution in [2.75, 3.05) is 27.2 Å². The number of urea groups is 1. The van der Waals surface area contributed by atoms with Crippen LogP contribution in [0, 0.1) is 0 Å². The molecule has 0 saturated carbocycles. The van der Waals surface area contributed by atoms with Gasteiger partial charge in [0.2, 0.25) is 10.0 Å². The molecule has 0 saturated heterocycles.